The normalized spacial score (nSPS) is 15.5. The maximum absolute atomic E-state index is 13.3. The van der Waals surface area contributed by atoms with E-state index in [1.165, 1.54) is 0 Å². The van der Waals surface area contributed by atoms with Gasteiger partial charge in [0, 0.05) is 11.1 Å². The molecule has 0 bridgehead atoms. The average molecular weight is 615 g/mol. The zero-order valence-corrected chi connectivity index (χ0v) is 25.4. The smallest absolute Gasteiger partial charge is 0.345 e. The Morgan fingerprint density at radius 3 is 1.63 bits per heavy atom. The molecule has 0 saturated carbocycles. The highest BCUT2D eigenvalue weighted by atomic mass is 16.5. The van der Waals surface area contributed by atoms with Gasteiger partial charge in [-0.3, -0.25) is 0 Å². The van der Waals surface area contributed by atoms with Crippen LogP contribution < -0.4 is 18.9 Å². The van der Waals surface area contributed by atoms with Gasteiger partial charge < -0.3 is 28.8 Å². The van der Waals surface area contributed by atoms with E-state index in [-0.39, 0.29) is 26.4 Å². The van der Waals surface area contributed by atoms with E-state index in [9.17, 15) is 9.90 Å². The SMILES string of the molecule is COc1ccc(C2=CCOC2(C(=O)O)c2cc(OCc3ccccc3)c(OCc3ccccc3)c(OCc3ccccc3)c2)cc1. The zero-order chi connectivity index (χ0) is 31.8. The minimum absolute atomic E-state index is 0.111. The van der Waals surface area contributed by atoms with Crippen molar-refractivity contribution in [3.8, 4) is 23.0 Å². The Hall–Kier alpha value is -5.53. The van der Waals surface area contributed by atoms with Crippen molar-refractivity contribution in [2.75, 3.05) is 13.7 Å². The first-order valence-corrected chi connectivity index (χ1v) is 15.0. The summed E-state index contributed by atoms with van der Waals surface area (Å²) in [7, 11) is 1.59. The van der Waals surface area contributed by atoms with Gasteiger partial charge in [0.15, 0.2) is 11.5 Å². The Kier molecular flexibility index (Phi) is 9.32. The standard InChI is InChI=1S/C39H34O7/c1-42-33-19-17-31(18-20-33)34-21-22-46-39(34,38(40)41)32-23-35(43-25-28-11-5-2-6-12-28)37(45-27-30-15-9-4-10-16-30)36(24-32)44-26-29-13-7-3-8-14-29/h2-21,23-24H,22,25-27H2,1H3,(H,40,41). The van der Waals surface area contributed by atoms with Crippen LogP contribution in [0.4, 0.5) is 0 Å². The lowest BCUT2D eigenvalue weighted by Gasteiger charge is -2.30. The zero-order valence-electron chi connectivity index (χ0n) is 25.4. The molecular weight excluding hydrogens is 580 g/mol. The monoisotopic (exact) mass is 614 g/mol. The Morgan fingerprint density at radius 1 is 0.696 bits per heavy atom. The molecule has 232 valence electrons. The molecule has 0 radical (unpaired) electrons. The van der Waals surface area contributed by atoms with E-state index in [0.717, 1.165) is 16.7 Å². The second-order valence-corrected chi connectivity index (χ2v) is 10.8. The Balaban J connectivity index is 1.47. The molecule has 5 aromatic rings. The van der Waals surface area contributed by atoms with Gasteiger partial charge in [0.1, 0.15) is 25.6 Å². The third-order valence-corrected chi connectivity index (χ3v) is 7.80. The molecular formula is C39H34O7. The molecule has 0 spiro atoms. The van der Waals surface area contributed by atoms with Gasteiger partial charge in [-0.15, -0.1) is 0 Å². The van der Waals surface area contributed by atoms with Gasteiger partial charge in [0.25, 0.3) is 0 Å². The van der Waals surface area contributed by atoms with E-state index < -0.39 is 11.6 Å². The first kappa shape index (κ1) is 30.5. The van der Waals surface area contributed by atoms with Crippen molar-refractivity contribution in [1.82, 2.24) is 0 Å². The molecule has 5 aromatic carbocycles. The Morgan fingerprint density at radius 2 is 1.17 bits per heavy atom. The third kappa shape index (κ3) is 6.60. The summed E-state index contributed by atoms with van der Waals surface area (Å²) in [5.41, 5.74) is 2.56. The molecule has 1 aliphatic heterocycles. The summed E-state index contributed by atoms with van der Waals surface area (Å²) in [4.78, 5) is 13.3. The number of hydrogen-bond acceptors (Lipinski definition) is 6. The van der Waals surface area contributed by atoms with Crippen LogP contribution >= 0.6 is 0 Å². The van der Waals surface area contributed by atoms with E-state index in [1.807, 2.05) is 103 Å². The molecule has 1 heterocycles. The molecule has 0 aromatic heterocycles. The van der Waals surface area contributed by atoms with Gasteiger partial charge in [-0.05, 0) is 46.5 Å². The number of aliphatic carboxylic acids is 1. The minimum Gasteiger partial charge on any atom is -0.497 e. The summed E-state index contributed by atoms with van der Waals surface area (Å²) < 4.78 is 30.7. The molecule has 1 unspecified atom stereocenters. The van der Waals surface area contributed by atoms with Gasteiger partial charge in [0.2, 0.25) is 11.4 Å². The minimum atomic E-state index is -1.83. The summed E-state index contributed by atoms with van der Waals surface area (Å²) >= 11 is 0. The number of hydrogen-bond donors (Lipinski definition) is 1. The highest BCUT2D eigenvalue weighted by Gasteiger charge is 2.49. The maximum Gasteiger partial charge on any atom is 0.345 e. The average Bonchev–Trinajstić information content (AvgIpc) is 3.57. The molecule has 1 N–H and O–H groups in total. The molecule has 0 amide bonds. The lowest BCUT2D eigenvalue weighted by atomic mass is 9.82. The second-order valence-electron chi connectivity index (χ2n) is 10.8. The topological polar surface area (TPSA) is 83.5 Å². The quantitative estimate of drug-likeness (QED) is 0.145. The van der Waals surface area contributed by atoms with Crippen molar-refractivity contribution >= 4 is 11.5 Å². The number of benzene rings is 5. The van der Waals surface area contributed by atoms with Crippen LogP contribution in [0.25, 0.3) is 5.57 Å². The molecule has 0 saturated heterocycles. The van der Waals surface area contributed by atoms with Crippen LogP contribution in [0.15, 0.2) is 133 Å². The number of carboxylic acids is 1. The predicted octanol–water partition coefficient (Wildman–Crippen LogP) is 7.83. The number of rotatable bonds is 13. The fourth-order valence-electron chi connectivity index (χ4n) is 5.44. The van der Waals surface area contributed by atoms with Gasteiger partial charge in [-0.2, -0.15) is 0 Å². The van der Waals surface area contributed by atoms with Crippen LogP contribution in [0.2, 0.25) is 0 Å². The van der Waals surface area contributed by atoms with Crippen molar-refractivity contribution in [2.24, 2.45) is 0 Å². The molecule has 6 rings (SSSR count). The van der Waals surface area contributed by atoms with Crippen molar-refractivity contribution in [2.45, 2.75) is 25.4 Å². The molecule has 7 nitrogen and oxygen atoms in total. The van der Waals surface area contributed by atoms with E-state index in [1.54, 1.807) is 37.5 Å². The lowest BCUT2D eigenvalue weighted by molar-refractivity contribution is -0.156. The van der Waals surface area contributed by atoms with Crippen LogP contribution in [-0.2, 0) is 35.0 Å². The predicted molar refractivity (Wildman–Crippen MR) is 175 cm³/mol. The second kappa shape index (κ2) is 14.1. The highest BCUT2D eigenvalue weighted by Crippen LogP contribution is 2.49. The van der Waals surface area contributed by atoms with E-state index in [4.69, 9.17) is 23.7 Å². The van der Waals surface area contributed by atoms with Crippen LogP contribution in [-0.4, -0.2) is 24.8 Å². The molecule has 0 aliphatic carbocycles. The summed E-state index contributed by atoms with van der Waals surface area (Å²) in [6, 6.07) is 39.9. The Labute approximate surface area is 268 Å². The van der Waals surface area contributed by atoms with Gasteiger partial charge >= 0.3 is 5.97 Å². The fraction of sp³-hybridized carbons (Fsp3) is 0.154. The van der Waals surface area contributed by atoms with Gasteiger partial charge in [-0.1, -0.05) is 109 Å². The number of ether oxygens (including phenoxy) is 5. The first-order valence-electron chi connectivity index (χ1n) is 15.0. The number of carboxylic acid groups (broad SMARTS) is 1. The van der Waals surface area contributed by atoms with Crippen LogP contribution in [0.5, 0.6) is 23.0 Å². The lowest BCUT2D eigenvalue weighted by Crippen LogP contribution is -2.37. The van der Waals surface area contributed by atoms with Gasteiger partial charge in [0.05, 0.1) is 13.7 Å². The largest absolute Gasteiger partial charge is 0.497 e. The fourth-order valence-corrected chi connectivity index (χ4v) is 5.44. The molecule has 46 heavy (non-hydrogen) atoms. The third-order valence-electron chi connectivity index (χ3n) is 7.80. The number of methoxy groups -OCH3 is 1. The maximum atomic E-state index is 13.3. The summed E-state index contributed by atoms with van der Waals surface area (Å²) in [5.74, 6) is 0.550. The van der Waals surface area contributed by atoms with Crippen molar-refractivity contribution in [1.29, 1.82) is 0 Å². The number of carbonyl (C=O) groups is 1. The summed E-state index contributed by atoms with van der Waals surface area (Å²) in [6.07, 6.45) is 1.80. The molecule has 7 heteroatoms. The van der Waals surface area contributed by atoms with E-state index in [0.29, 0.717) is 39.7 Å². The van der Waals surface area contributed by atoms with Gasteiger partial charge in [-0.25, -0.2) is 4.79 Å². The van der Waals surface area contributed by atoms with Crippen molar-refractivity contribution < 1.29 is 33.6 Å². The summed E-state index contributed by atoms with van der Waals surface area (Å²) in [6.45, 7) is 0.819. The highest BCUT2D eigenvalue weighted by molar-refractivity contribution is 5.98. The summed E-state index contributed by atoms with van der Waals surface area (Å²) in [5, 5.41) is 10.9. The van der Waals surface area contributed by atoms with E-state index in [2.05, 4.69) is 0 Å². The Bertz CT molecular complexity index is 1720. The first-order chi connectivity index (χ1) is 22.6. The molecule has 1 aliphatic rings. The van der Waals surface area contributed by atoms with Crippen LogP contribution in [0, 0.1) is 0 Å². The van der Waals surface area contributed by atoms with Crippen molar-refractivity contribution in [3.05, 3.63) is 161 Å². The van der Waals surface area contributed by atoms with Crippen LogP contribution in [0.3, 0.4) is 0 Å². The van der Waals surface area contributed by atoms with Crippen LogP contribution in [0.1, 0.15) is 27.8 Å². The molecule has 1 atom stereocenters. The van der Waals surface area contributed by atoms with E-state index >= 15 is 0 Å². The molecule has 0 fully saturated rings. The van der Waals surface area contributed by atoms with Crippen molar-refractivity contribution in [3.63, 3.8) is 0 Å².